The van der Waals surface area contributed by atoms with Crippen molar-refractivity contribution in [3.8, 4) is 0 Å². The molecule has 2 heteroatoms. The summed E-state index contributed by atoms with van der Waals surface area (Å²) in [7, 11) is 0. The molecule has 0 aliphatic heterocycles. The van der Waals surface area contributed by atoms with Gasteiger partial charge in [-0.3, -0.25) is 4.79 Å². The average molecular weight is 370 g/mol. The number of fused-ring (bicyclic) bond motifs is 5. The number of hydrogen-bond donors (Lipinski definition) is 1. The molecule has 142 valence electrons. The minimum absolute atomic E-state index is 0.746. The highest BCUT2D eigenvalue weighted by Crippen LogP contribution is 2.47. The van der Waals surface area contributed by atoms with Crippen LogP contribution in [0, 0.1) is 13.8 Å². The lowest BCUT2D eigenvalue weighted by Crippen LogP contribution is -1.90. The Morgan fingerprint density at radius 3 is 1.71 bits per heavy atom. The molecule has 2 N–H and O–H groups in total. The van der Waals surface area contributed by atoms with Gasteiger partial charge < -0.3 is 5.73 Å². The molecule has 0 aromatic heterocycles. The summed E-state index contributed by atoms with van der Waals surface area (Å²) in [5, 5.41) is 0. The van der Waals surface area contributed by atoms with E-state index in [1.165, 1.54) is 6.42 Å². The third-order valence-electron chi connectivity index (χ3n) is 5.06. The second kappa shape index (κ2) is 9.18. The van der Waals surface area contributed by atoms with Gasteiger partial charge in [0.15, 0.2) is 0 Å². The van der Waals surface area contributed by atoms with Gasteiger partial charge in [0.1, 0.15) is 6.29 Å². The molecule has 3 aromatic rings. The van der Waals surface area contributed by atoms with Gasteiger partial charge in [-0.25, -0.2) is 0 Å². The monoisotopic (exact) mass is 369 g/mol. The van der Waals surface area contributed by atoms with Crippen LogP contribution in [0.4, 0.5) is 5.69 Å². The molecule has 0 saturated heterocycles. The number of carbonyl (C=O) groups excluding carboxylic acids is 1. The lowest BCUT2D eigenvalue weighted by atomic mass is 9.97. The fraction of sp³-hybridized carbons (Fsp3) is 0.192. The SMILES string of the molecule is C1=CC2CC1c1ccccc12.Cc1cc(C)cc(C=O)c1.Nc1ccccc1. The number of anilines is 1. The van der Waals surface area contributed by atoms with Crippen LogP contribution in [-0.2, 0) is 0 Å². The van der Waals surface area contributed by atoms with E-state index < -0.39 is 0 Å². The maximum atomic E-state index is 10.3. The van der Waals surface area contributed by atoms with Gasteiger partial charge in [-0.2, -0.15) is 0 Å². The summed E-state index contributed by atoms with van der Waals surface area (Å²) in [4.78, 5) is 10.3. The number of aryl methyl sites for hydroxylation is 2. The van der Waals surface area contributed by atoms with Gasteiger partial charge in [-0.1, -0.05) is 71.8 Å². The number of benzene rings is 3. The zero-order chi connectivity index (χ0) is 19.9. The van der Waals surface area contributed by atoms with Gasteiger partial charge in [0.2, 0.25) is 0 Å². The molecule has 3 aromatic carbocycles. The zero-order valence-corrected chi connectivity index (χ0v) is 16.5. The smallest absolute Gasteiger partial charge is 0.150 e. The molecule has 2 bridgehead atoms. The Balaban J connectivity index is 0.000000124. The van der Waals surface area contributed by atoms with E-state index in [1.807, 2.05) is 62.4 Å². The number of nitrogens with two attached hydrogens (primary N) is 1. The molecule has 5 rings (SSSR count). The van der Waals surface area contributed by atoms with E-state index in [0.29, 0.717) is 0 Å². The molecule has 0 fully saturated rings. The minimum atomic E-state index is 0.746. The summed E-state index contributed by atoms with van der Waals surface area (Å²) in [6.07, 6.45) is 6.92. The number of nitrogen functional groups attached to an aromatic ring is 1. The highest BCUT2D eigenvalue weighted by molar-refractivity contribution is 5.75. The fourth-order valence-corrected chi connectivity index (χ4v) is 3.88. The Morgan fingerprint density at radius 1 is 0.786 bits per heavy atom. The van der Waals surface area contributed by atoms with Gasteiger partial charge >= 0.3 is 0 Å². The predicted molar refractivity (Wildman–Crippen MR) is 118 cm³/mol. The first-order chi connectivity index (χ1) is 13.6. The molecule has 0 amide bonds. The maximum absolute atomic E-state index is 10.3. The number of allylic oxidation sites excluding steroid dienone is 2. The lowest BCUT2D eigenvalue weighted by Gasteiger charge is -2.08. The van der Waals surface area contributed by atoms with Crippen LogP contribution in [0.15, 0.2) is 84.9 Å². The Hall–Kier alpha value is -3.13. The van der Waals surface area contributed by atoms with Crippen LogP contribution in [0.5, 0.6) is 0 Å². The second-order valence-corrected chi connectivity index (χ2v) is 7.41. The quantitative estimate of drug-likeness (QED) is 0.315. The molecule has 0 saturated carbocycles. The second-order valence-electron chi connectivity index (χ2n) is 7.41. The predicted octanol–water partition coefficient (Wildman–Crippen LogP) is 6.21. The molecule has 28 heavy (non-hydrogen) atoms. The summed E-state index contributed by atoms with van der Waals surface area (Å²) < 4.78 is 0. The molecule has 2 nitrogen and oxygen atoms in total. The molecule has 2 atom stereocenters. The van der Waals surface area contributed by atoms with Crippen molar-refractivity contribution >= 4 is 12.0 Å². The zero-order valence-electron chi connectivity index (χ0n) is 16.5. The Morgan fingerprint density at radius 2 is 1.29 bits per heavy atom. The van der Waals surface area contributed by atoms with E-state index in [2.05, 4.69) is 36.4 Å². The lowest BCUT2D eigenvalue weighted by molar-refractivity contribution is 0.112. The molecule has 0 spiro atoms. The summed E-state index contributed by atoms with van der Waals surface area (Å²) in [5.74, 6) is 1.49. The van der Waals surface area contributed by atoms with Crippen LogP contribution in [0.25, 0.3) is 0 Å². The van der Waals surface area contributed by atoms with Crippen LogP contribution in [0.2, 0.25) is 0 Å². The first-order valence-corrected chi connectivity index (χ1v) is 9.68. The van der Waals surface area contributed by atoms with Gasteiger partial charge in [0, 0.05) is 23.1 Å². The summed E-state index contributed by atoms with van der Waals surface area (Å²) in [6, 6.07) is 24.1. The molecule has 0 radical (unpaired) electrons. The van der Waals surface area contributed by atoms with Gasteiger partial charge in [0.05, 0.1) is 0 Å². The van der Waals surface area contributed by atoms with Crippen LogP contribution < -0.4 is 5.73 Å². The number of hydrogen-bond acceptors (Lipinski definition) is 2. The van der Waals surface area contributed by atoms with Crippen molar-refractivity contribution in [1.29, 1.82) is 0 Å². The van der Waals surface area contributed by atoms with Gasteiger partial charge in [-0.05, 0) is 55.7 Å². The first-order valence-electron chi connectivity index (χ1n) is 9.68. The van der Waals surface area contributed by atoms with Crippen molar-refractivity contribution in [2.75, 3.05) is 5.73 Å². The van der Waals surface area contributed by atoms with Crippen molar-refractivity contribution in [3.05, 3.63) is 113 Å². The van der Waals surface area contributed by atoms with Crippen molar-refractivity contribution in [2.24, 2.45) is 0 Å². The van der Waals surface area contributed by atoms with Gasteiger partial charge in [-0.15, -0.1) is 0 Å². The molecular weight excluding hydrogens is 342 g/mol. The maximum Gasteiger partial charge on any atom is 0.150 e. The number of rotatable bonds is 1. The van der Waals surface area contributed by atoms with E-state index in [1.54, 1.807) is 11.1 Å². The number of carbonyl (C=O) groups is 1. The highest BCUT2D eigenvalue weighted by atomic mass is 16.1. The summed E-state index contributed by atoms with van der Waals surface area (Å²) >= 11 is 0. The van der Waals surface area contributed by atoms with E-state index in [9.17, 15) is 4.79 Å². The molecule has 2 aliphatic rings. The van der Waals surface area contributed by atoms with Crippen LogP contribution >= 0.6 is 0 Å². The third kappa shape index (κ3) is 4.98. The Bertz CT molecular complexity index is 908. The van der Waals surface area contributed by atoms with E-state index in [4.69, 9.17) is 5.73 Å². The fourth-order valence-electron chi connectivity index (χ4n) is 3.88. The minimum Gasteiger partial charge on any atom is -0.399 e. The standard InChI is InChI=1S/C11H10.C9H10O.C6H7N/c1-2-4-11-9-6-5-8(7-9)10(11)3-1;1-7-3-8(2)5-9(4-7)6-10;7-6-4-2-1-3-5-6/h1-6,8-9H,7H2;3-6H,1-2H3;1-5H,7H2. The van der Waals surface area contributed by atoms with Crippen LogP contribution in [0.1, 0.15) is 50.9 Å². The Labute approximate surface area is 167 Å². The van der Waals surface area contributed by atoms with Crippen molar-refractivity contribution in [3.63, 3.8) is 0 Å². The molecular formula is C26H27NO. The van der Waals surface area contributed by atoms with E-state index in [0.717, 1.165) is 40.5 Å². The first kappa shape index (κ1) is 19.6. The Kier molecular flexibility index (Phi) is 6.44. The van der Waals surface area contributed by atoms with Crippen LogP contribution in [-0.4, -0.2) is 6.29 Å². The van der Waals surface area contributed by atoms with Crippen LogP contribution in [0.3, 0.4) is 0 Å². The van der Waals surface area contributed by atoms with E-state index in [-0.39, 0.29) is 0 Å². The number of aldehydes is 1. The summed E-state index contributed by atoms with van der Waals surface area (Å²) in [6.45, 7) is 3.97. The summed E-state index contributed by atoms with van der Waals surface area (Å²) in [5.41, 5.74) is 12.4. The van der Waals surface area contributed by atoms with E-state index >= 15 is 0 Å². The van der Waals surface area contributed by atoms with Crippen molar-refractivity contribution in [1.82, 2.24) is 0 Å². The number of para-hydroxylation sites is 1. The molecule has 0 heterocycles. The highest BCUT2D eigenvalue weighted by Gasteiger charge is 2.31. The largest absolute Gasteiger partial charge is 0.399 e. The van der Waals surface area contributed by atoms with Crippen molar-refractivity contribution < 1.29 is 4.79 Å². The topological polar surface area (TPSA) is 43.1 Å². The van der Waals surface area contributed by atoms with Crippen molar-refractivity contribution in [2.45, 2.75) is 32.1 Å². The normalized spacial score (nSPS) is 17.6. The average Bonchev–Trinajstić information content (AvgIpc) is 3.32. The third-order valence-corrected chi connectivity index (χ3v) is 5.06. The van der Waals surface area contributed by atoms with Gasteiger partial charge in [0.25, 0.3) is 0 Å². The molecule has 2 aliphatic carbocycles. The molecule has 2 unspecified atom stereocenters.